The van der Waals surface area contributed by atoms with Crippen LogP contribution in [0.5, 0.6) is 0 Å². The van der Waals surface area contributed by atoms with Crippen molar-refractivity contribution in [1.82, 2.24) is 0 Å². The summed E-state index contributed by atoms with van der Waals surface area (Å²) in [6.45, 7) is 0. The van der Waals surface area contributed by atoms with Gasteiger partial charge in [0, 0.05) is 10.0 Å². The van der Waals surface area contributed by atoms with Gasteiger partial charge in [0.25, 0.3) is 5.91 Å². The molecule has 3 nitrogen and oxygen atoms in total. The lowest BCUT2D eigenvalue weighted by atomic mass is 10.1. The fourth-order valence-corrected chi connectivity index (χ4v) is 2.69. The van der Waals surface area contributed by atoms with Gasteiger partial charge in [-0.15, -0.1) is 0 Å². The van der Waals surface area contributed by atoms with E-state index < -0.39 is 0 Å². The normalized spacial score (nSPS) is 10.2. The quantitative estimate of drug-likeness (QED) is 0.733. The second-order valence-electron chi connectivity index (χ2n) is 4.14. The molecule has 1 amide bonds. The molecule has 0 bridgehead atoms. The summed E-state index contributed by atoms with van der Waals surface area (Å²) in [6.07, 6.45) is 0. The lowest BCUT2D eigenvalue weighted by Crippen LogP contribution is -2.14. The number of thiocarbonyl (C=S) groups is 1. The summed E-state index contributed by atoms with van der Waals surface area (Å²) in [5, 5.41) is 3.42. The average Bonchev–Trinajstić information content (AvgIpc) is 2.40. The Balaban J connectivity index is 2.31. The maximum Gasteiger partial charge on any atom is 0.257 e. The zero-order valence-electron chi connectivity index (χ0n) is 10.5. The molecule has 0 aliphatic heterocycles. The first-order chi connectivity index (χ1) is 9.88. The Kier molecular flexibility index (Phi) is 5.22. The van der Waals surface area contributed by atoms with Crippen LogP contribution in [0.3, 0.4) is 0 Å². The molecule has 0 aliphatic carbocycles. The van der Waals surface area contributed by atoms with Crippen LogP contribution < -0.4 is 11.1 Å². The van der Waals surface area contributed by atoms with Crippen LogP contribution in [-0.4, -0.2) is 10.9 Å². The Hall–Kier alpha value is -1.14. The monoisotopic (exact) mass is 402 g/mol. The van der Waals surface area contributed by atoms with E-state index in [4.69, 9.17) is 41.2 Å². The minimum atomic E-state index is -0.366. The van der Waals surface area contributed by atoms with Gasteiger partial charge in [0.1, 0.15) is 4.99 Å². The molecule has 0 heterocycles. The van der Waals surface area contributed by atoms with Crippen molar-refractivity contribution in [2.75, 3.05) is 5.32 Å². The first kappa shape index (κ1) is 16.2. The standard InChI is InChI=1S/C14H9BrCl2N2OS/c15-8-2-3-9(11(17)6-8)14(20)19-12-5-7(13(18)21)1-4-10(12)16/h1-6H,(H2,18,21)(H,19,20). The number of nitrogens with one attached hydrogen (secondary N) is 1. The molecule has 2 aromatic rings. The van der Waals surface area contributed by atoms with E-state index >= 15 is 0 Å². The topological polar surface area (TPSA) is 55.1 Å². The smallest absolute Gasteiger partial charge is 0.257 e. The number of amides is 1. The van der Waals surface area contributed by atoms with Crippen LogP contribution in [0.1, 0.15) is 15.9 Å². The van der Waals surface area contributed by atoms with Crippen molar-refractivity contribution in [3.8, 4) is 0 Å². The van der Waals surface area contributed by atoms with Gasteiger partial charge >= 0.3 is 0 Å². The van der Waals surface area contributed by atoms with Crippen molar-refractivity contribution in [3.05, 3.63) is 62.0 Å². The molecule has 0 aliphatic rings. The molecule has 3 N–H and O–H groups in total. The van der Waals surface area contributed by atoms with E-state index in [0.717, 1.165) is 4.47 Å². The lowest BCUT2D eigenvalue weighted by molar-refractivity contribution is 0.102. The summed E-state index contributed by atoms with van der Waals surface area (Å²) in [5.74, 6) is -0.366. The molecule has 108 valence electrons. The lowest BCUT2D eigenvalue weighted by Gasteiger charge is -2.10. The van der Waals surface area contributed by atoms with Crippen LogP contribution in [0, 0.1) is 0 Å². The predicted octanol–water partition coefficient (Wildman–Crippen LogP) is 4.64. The summed E-state index contributed by atoms with van der Waals surface area (Å²) in [6, 6.07) is 9.92. The van der Waals surface area contributed by atoms with Gasteiger partial charge in [-0.1, -0.05) is 57.4 Å². The van der Waals surface area contributed by atoms with Crippen LogP contribution >= 0.6 is 51.3 Å². The number of carbonyl (C=O) groups is 1. The number of halogens is 3. The molecule has 7 heteroatoms. The number of rotatable bonds is 3. The van der Waals surface area contributed by atoms with Crippen LogP contribution in [0.2, 0.25) is 10.0 Å². The summed E-state index contributed by atoms with van der Waals surface area (Å²) in [4.78, 5) is 12.5. The zero-order chi connectivity index (χ0) is 15.6. The number of nitrogens with two attached hydrogens (primary N) is 1. The number of carbonyl (C=O) groups excluding carboxylic acids is 1. The highest BCUT2D eigenvalue weighted by molar-refractivity contribution is 9.10. The number of anilines is 1. The molecule has 0 fully saturated rings. The fraction of sp³-hybridized carbons (Fsp3) is 0. The molecule has 0 radical (unpaired) electrons. The minimum Gasteiger partial charge on any atom is -0.389 e. The van der Waals surface area contributed by atoms with Crippen molar-refractivity contribution in [2.45, 2.75) is 0 Å². The van der Waals surface area contributed by atoms with Gasteiger partial charge in [-0.3, -0.25) is 4.79 Å². The van der Waals surface area contributed by atoms with Gasteiger partial charge in [-0.25, -0.2) is 0 Å². The highest BCUT2D eigenvalue weighted by Gasteiger charge is 2.13. The van der Waals surface area contributed by atoms with E-state index in [1.165, 1.54) is 0 Å². The third kappa shape index (κ3) is 3.95. The van der Waals surface area contributed by atoms with Crippen LogP contribution in [0.4, 0.5) is 5.69 Å². The van der Waals surface area contributed by atoms with E-state index in [0.29, 0.717) is 26.9 Å². The van der Waals surface area contributed by atoms with E-state index in [1.54, 1.807) is 36.4 Å². The van der Waals surface area contributed by atoms with Crippen LogP contribution in [0.15, 0.2) is 40.9 Å². The van der Waals surface area contributed by atoms with Gasteiger partial charge in [0.2, 0.25) is 0 Å². The van der Waals surface area contributed by atoms with Crippen LogP contribution in [-0.2, 0) is 0 Å². The average molecular weight is 404 g/mol. The third-order valence-electron chi connectivity index (χ3n) is 2.67. The number of hydrogen-bond donors (Lipinski definition) is 2. The largest absolute Gasteiger partial charge is 0.389 e. The summed E-state index contributed by atoms with van der Waals surface area (Å²) in [7, 11) is 0. The van der Waals surface area contributed by atoms with Gasteiger partial charge in [-0.05, 0) is 30.3 Å². The summed E-state index contributed by atoms with van der Waals surface area (Å²) < 4.78 is 0.789. The maximum atomic E-state index is 12.2. The fourth-order valence-electron chi connectivity index (χ4n) is 1.64. The SMILES string of the molecule is NC(=S)c1ccc(Cl)c(NC(=O)c2ccc(Br)cc2Cl)c1. The van der Waals surface area contributed by atoms with Crippen molar-refractivity contribution in [3.63, 3.8) is 0 Å². The van der Waals surface area contributed by atoms with Crippen molar-refractivity contribution < 1.29 is 4.79 Å². The first-order valence-corrected chi connectivity index (χ1v) is 7.70. The third-order valence-corrected chi connectivity index (χ3v) is 4.05. The van der Waals surface area contributed by atoms with Gasteiger partial charge < -0.3 is 11.1 Å². The van der Waals surface area contributed by atoms with Crippen molar-refractivity contribution in [2.24, 2.45) is 5.73 Å². The molecule has 0 aromatic heterocycles. The Morgan fingerprint density at radius 1 is 1.14 bits per heavy atom. The Labute approximate surface area is 145 Å². The van der Waals surface area contributed by atoms with Gasteiger partial charge in [0.05, 0.1) is 21.3 Å². The second kappa shape index (κ2) is 6.75. The highest BCUT2D eigenvalue weighted by Crippen LogP contribution is 2.26. The highest BCUT2D eigenvalue weighted by atomic mass is 79.9. The van der Waals surface area contributed by atoms with E-state index in [1.807, 2.05) is 0 Å². The summed E-state index contributed by atoms with van der Waals surface area (Å²) >= 11 is 20.3. The second-order valence-corrected chi connectivity index (χ2v) is 6.31. The number of hydrogen-bond acceptors (Lipinski definition) is 2. The summed E-state index contributed by atoms with van der Waals surface area (Å²) in [5.41, 5.74) is 6.95. The Bertz CT molecular complexity index is 737. The Morgan fingerprint density at radius 3 is 2.48 bits per heavy atom. The van der Waals surface area contributed by atoms with Gasteiger partial charge in [-0.2, -0.15) is 0 Å². The maximum absolute atomic E-state index is 12.2. The Morgan fingerprint density at radius 2 is 1.86 bits per heavy atom. The van der Waals surface area contributed by atoms with Crippen molar-refractivity contribution in [1.29, 1.82) is 0 Å². The van der Waals surface area contributed by atoms with E-state index in [-0.39, 0.29) is 10.9 Å². The molecule has 2 rings (SSSR count). The number of benzene rings is 2. The molecular formula is C14H9BrCl2N2OS. The molecule has 21 heavy (non-hydrogen) atoms. The predicted molar refractivity (Wildman–Crippen MR) is 94.4 cm³/mol. The van der Waals surface area contributed by atoms with Gasteiger partial charge in [0.15, 0.2) is 0 Å². The van der Waals surface area contributed by atoms with Crippen molar-refractivity contribution >= 4 is 67.9 Å². The minimum absolute atomic E-state index is 0.226. The molecule has 0 spiro atoms. The molecule has 0 saturated heterocycles. The zero-order valence-corrected chi connectivity index (χ0v) is 14.4. The molecule has 0 saturated carbocycles. The molecule has 0 atom stereocenters. The first-order valence-electron chi connectivity index (χ1n) is 5.74. The molecule has 2 aromatic carbocycles. The van der Waals surface area contributed by atoms with E-state index in [2.05, 4.69) is 21.2 Å². The molecular weight excluding hydrogens is 395 g/mol. The van der Waals surface area contributed by atoms with Crippen LogP contribution in [0.25, 0.3) is 0 Å². The molecule has 0 unspecified atom stereocenters. The van der Waals surface area contributed by atoms with E-state index in [9.17, 15) is 4.79 Å².